The number of hydrogen-bond donors (Lipinski definition) is 1. The van der Waals surface area contributed by atoms with E-state index in [2.05, 4.69) is 24.1 Å². The number of nitrogens with zero attached hydrogens (tertiary/aromatic N) is 1. The predicted molar refractivity (Wildman–Crippen MR) is 87.5 cm³/mol. The second-order valence-electron chi connectivity index (χ2n) is 7.94. The van der Waals surface area contributed by atoms with Gasteiger partial charge in [0.2, 0.25) is 0 Å². The molecule has 4 atom stereocenters. The minimum atomic E-state index is 0.770. The number of rotatable bonds is 4. The van der Waals surface area contributed by atoms with E-state index in [1.807, 2.05) is 0 Å². The van der Waals surface area contributed by atoms with Gasteiger partial charge in [0, 0.05) is 25.2 Å². The molecule has 3 nitrogen and oxygen atoms in total. The molecule has 0 unspecified atom stereocenters. The minimum Gasteiger partial charge on any atom is -0.381 e. The quantitative estimate of drug-likeness (QED) is 0.863. The van der Waals surface area contributed by atoms with Gasteiger partial charge in [-0.3, -0.25) is 0 Å². The van der Waals surface area contributed by atoms with Crippen molar-refractivity contribution in [3.63, 3.8) is 0 Å². The van der Waals surface area contributed by atoms with Crippen molar-refractivity contribution in [1.29, 1.82) is 0 Å². The van der Waals surface area contributed by atoms with Crippen LogP contribution in [0.15, 0.2) is 0 Å². The van der Waals surface area contributed by atoms with E-state index in [0.717, 1.165) is 43.1 Å². The Hall–Kier alpha value is -0.120. The highest BCUT2D eigenvalue weighted by Gasteiger charge is 2.28. The number of hydrogen-bond acceptors (Lipinski definition) is 3. The Kier molecular flexibility index (Phi) is 5.58. The summed E-state index contributed by atoms with van der Waals surface area (Å²) >= 11 is 0. The summed E-state index contributed by atoms with van der Waals surface area (Å²) in [6.45, 7) is 10.7. The molecule has 0 radical (unpaired) electrons. The van der Waals surface area contributed by atoms with E-state index in [1.54, 1.807) is 0 Å². The maximum Gasteiger partial charge on any atom is 0.0507 e. The van der Waals surface area contributed by atoms with E-state index in [4.69, 9.17) is 4.74 Å². The summed E-state index contributed by atoms with van der Waals surface area (Å²) in [5.74, 6) is 2.63. The molecule has 2 heterocycles. The van der Waals surface area contributed by atoms with Crippen LogP contribution in [0, 0.1) is 17.8 Å². The Balaban J connectivity index is 1.35. The zero-order chi connectivity index (χ0) is 14.7. The number of ether oxygens (including phenoxy) is 1. The molecule has 0 aromatic carbocycles. The van der Waals surface area contributed by atoms with E-state index in [9.17, 15) is 0 Å². The third-order valence-electron chi connectivity index (χ3n) is 6.20. The molecule has 0 spiro atoms. The first-order valence-corrected chi connectivity index (χ1v) is 9.27. The van der Waals surface area contributed by atoms with Gasteiger partial charge in [-0.05, 0) is 69.4 Å². The Bertz CT molecular complexity index is 308. The van der Waals surface area contributed by atoms with Crippen molar-refractivity contribution >= 4 is 0 Å². The lowest BCUT2D eigenvalue weighted by Gasteiger charge is -2.38. The van der Waals surface area contributed by atoms with E-state index < -0.39 is 0 Å². The predicted octanol–water partition coefficient (Wildman–Crippen LogP) is 2.90. The molecular weight excluding hydrogens is 260 g/mol. The molecule has 3 heteroatoms. The van der Waals surface area contributed by atoms with Crippen molar-refractivity contribution in [2.24, 2.45) is 17.8 Å². The molecule has 3 fully saturated rings. The van der Waals surface area contributed by atoms with Crippen LogP contribution in [0.1, 0.15) is 52.4 Å². The van der Waals surface area contributed by atoms with Crippen LogP contribution in [0.25, 0.3) is 0 Å². The van der Waals surface area contributed by atoms with Crippen molar-refractivity contribution in [2.45, 2.75) is 64.5 Å². The highest BCUT2D eigenvalue weighted by atomic mass is 16.5. The Morgan fingerprint density at radius 3 is 2.43 bits per heavy atom. The van der Waals surface area contributed by atoms with Crippen molar-refractivity contribution in [1.82, 2.24) is 10.2 Å². The fourth-order valence-electron chi connectivity index (χ4n) is 4.41. The van der Waals surface area contributed by atoms with Gasteiger partial charge in [-0.1, -0.05) is 13.8 Å². The normalized spacial score (nSPS) is 39.7. The fourth-order valence-corrected chi connectivity index (χ4v) is 4.41. The molecule has 1 saturated carbocycles. The first-order chi connectivity index (χ1) is 10.2. The first-order valence-electron chi connectivity index (χ1n) is 9.27. The molecule has 3 rings (SSSR count). The van der Waals surface area contributed by atoms with Gasteiger partial charge in [0.25, 0.3) is 0 Å². The maximum absolute atomic E-state index is 5.50. The van der Waals surface area contributed by atoms with Gasteiger partial charge in [-0.2, -0.15) is 0 Å². The molecule has 21 heavy (non-hydrogen) atoms. The van der Waals surface area contributed by atoms with Crippen LogP contribution in [0.5, 0.6) is 0 Å². The van der Waals surface area contributed by atoms with E-state index in [-0.39, 0.29) is 0 Å². The van der Waals surface area contributed by atoms with Crippen LogP contribution >= 0.6 is 0 Å². The molecule has 1 N–H and O–H groups in total. The Morgan fingerprint density at radius 2 is 1.76 bits per heavy atom. The lowest BCUT2D eigenvalue weighted by molar-refractivity contribution is 0.137. The monoisotopic (exact) mass is 294 g/mol. The van der Waals surface area contributed by atoms with Gasteiger partial charge in [0.15, 0.2) is 0 Å². The first kappa shape index (κ1) is 15.8. The molecule has 0 amide bonds. The second-order valence-corrected chi connectivity index (χ2v) is 7.94. The standard InChI is InChI=1S/C18H34N2O/c1-14-3-4-18(11-15(14)2)19-17-5-8-20(9-6-17)12-16-7-10-21-13-16/h14-19H,3-13H2,1-2H3/t14-,15-,16+,18+/m1/s1. The van der Waals surface area contributed by atoms with Crippen LogP contribution in [0.3, 0.4) is 0 Å². The molecule has 122 valence electrons. The summed E-state index contributed by atoms with van der Waals surface area (Å²) in [5.41, 5.74) is 0. The van der Waals surface area contributed by atoms with Crippen molar-refractivity contribution in [3.8, 4) is 0 Å². The van der Waals surface area contributed by atoms with Crippen LogP contribution in [-0.2, 0) is 4.74 Å². The maximum atomic E-state index is 5.50. The van der Waals surface area contributed by atoms with Gasteiger partial charge >= 0.3 is 0 Å². The fraction of sp³-hybridized carbons (Fsp3) is 1.00. The molecule has 2 aliphatic heterocycles. The third kappa shape index (κ3) is 4.43. The van der Waals surface area contributed by atoms with E-state index in [1.165, 1.54) is 58.2 Å². The number of nitrogens with one attached hydrogen (secondary N) is 1. The lowest BCUT2D eigenvalue weighted by Crippen LogP contribution is -2.48. The summed E-state index contributed by atoms with van der Waals surface area (Å²) in [5, 5.41) is 3.97. The molecule has 3 aliphatic rings. The lowest BCUT2D eigenvalue weighted by atomic mass is 9.79. The van der Waals surface area contributed by atoms with E-state index >= 15 is 0 Å². The van der Waals surface area contributed by atoms with Crippen LogP contribution in [0.2, 0.25) is 0 Å². The van der Waals surface area contributed by atoms with E-state index in [0.29, 0.717) is 0 Å². The average Bonchev–Trinajstić information content (AvgIpc) is 2.98. The topological polar surface area (TPSA) is 24.5 Å². The third-order valence-corrected chi connectivity index (χ3v) is 6.20. The number of piperidine rings is 1. The molecule has 0 aromatic heterocycles. The van der Waals surface area contributed by atoms with Crippen molar-refractivity contribution in [3.05, 3.63) is 0 Å². The average molecular weight is 294 g/mol. The van der Waals surface area contributed by atoms with Crippen LogP contribution in [0.4, 0.5) is 0 Å². The molecule has 1 aliphatic carbocycles. The van der Waals surface area contributed by atoms with Gasteiger partial charge in [0.05, 0.1) is 6.61 Å². The van der Waals surface area contributed by atoms with Gasteiger partial charge in [-0.15, -0.1) is 0 Å². The summed E-state index contributed by atoms with van der Waals surface area (Å²) < 4.78 is 5.50. The number of likely N-dealkylation sites (tertiary alicyclic amines) is 1. The zero-order valence-electron chi connectivity index (χ0n) is 14.0. The SMILES string of the molecule is C[C@@H]1CC[C@H](NC2CCN(C[C@@H]3CCOC3)CC2)C[C@H]1C. The Labute approximate surface area is 130 Å². The molecule has 2 saturated heterocycles. The summed E-state index contributed by atoms with van der Waals surface area (Å²) in [4.78, 5) is 2.67. The molecular formula is C18H34N2O. The summed E-state index contributed by atoms with van der Waals surface area (Å²) in [6.07, 6.45) is 8.16. The molecule has 0 aromatic rings. The summed E-state index contributed by atoms with van der Waals surface area (Å²) in [6, 6.07) is 1.56. The highest BCUT2D eigenvalue weighted by molar-refractivity contribution is 4.85. The minimum absolute atomic E-state index is 0.770. The summed E-state index contributed by atoms with van der Waals surface area (Å²) in [7, 11) is 0. The van der Waals surface area contributed by atoms with Crippen molar-refractivity contribution < 1.29 is 4.74 Å². The largest absolute Gasteiger partial charge is 0.381 e. The van der Waals surface area contributed by atoms with Gasteiger partial charge in [-0.25, -0.2) is 0 Å². The molecule has 0 bridgehead atoms. The second kappa shape index (κ2) is 7.43. The van der Waals surface area contributed by atoms with Crippen molar-refractivity contribution in [2.75, 3.05) is 32.8 Å². The zero-order valence-corrected chi connectivity index (χ0v) is 14.0. The van der Waals surface area contributed by atoms with Gasteiger partial charge < -0.3 is 15.0 Å². The van der Waals surface area contributed by atoms with Crippen LogP contribution < -0.4 is 5.32 Å². The van der Waals surface area contributed by atoms with Crippen LogP contribution in [-0.4, -0.2) is 49.8 Å². The smallest absolute Gasteiger partial charge is 0.0507 e. The Morgan fingerprint density at radius 1 is 0.952 bits per heavy atom. The van der Waals surface area contributed by atoms with Gasteiger partial charge in [0.1, 0.15) is 0 Å². The highest BCUT2D eigenvalue weighted by Crippen LogP contribution is 2.30.